The third-order valence-electron chi connectivity index (χ3n) is 3.98. The predicted octanol–water partition coefficient (Wildman–Crippen LogP) is 0.968. The van der Waals surface area contributed by atoms with Gasteiger partial charge in [-0.2, -0.15) is 5.10 Å². The Labute approximate surface area is 139 Å². The van der Waals surface area contributed by atoms with Crippen LogP contribution in [0, 0.1) is 6.92 Å². The number of hydrogen-bond donors (Lipinski definition) is 1. The molecule has 7 nitrogen and oxygen atoms in total. The normalized spacial score (nSPS) is 17.9. The van der Waals surface area contributed by atoms with Gasteiger partial charge in [-0.3, -0.25) is 14.4 Å². The van der Waals surface area contributed by atoms with Crippen molar-refractivity contribution in [2.24, 2.45) is 0 Å². The van der Waals surface area contributed by atoms with Gasteiger partial charge in [-0.15, -0.1) is 11.3 Å². The molecule has 8 heteroatoms. The Morgan fingerprint density at radius 1 is 1.57 bits per heavy atom. The van der Waals surface area contributed by atoms with Crippen LogP contribution in [0.25, 0.3) is 0 Å². The highest BCUT2D eigenvalue weighted by Gasteiger charge is 2.31. The summed E-state index contributed by atoms with van der Waals surface area (Å²) in [5, 5.41) is 7.24. The summed E-state index contributed by atoms with van der Waals surface area (Å²) in [6.07, 6.45) is 1.76. The fourth-order valence-electron chi connectivity index (χ4n) is 2.75. The largest absolute Gasteiger partial charge is 0.383 e. The molecular formula is C15H21N5O2S. The van der Waals surface area contributed by atoms with Crippen LogP contribution in [0.1, 0.15) is 22.3 Å². The van der Waals surface area contributed by atoms with Crippen LogP contribution < -0.4 is 5.32 Å². The summed E-state index contributed by atoms with van der Waals surface area (Å²) in [6, 6.07) is 1.67. The van der Waals surface area contributed by atoms with Gasteiger partial charge in [-0.25, -0.2) is 4.98 Å². The van der Waals surface area contributed by atoms with Gasteiger partial charge in [0, 0.05) is 44.4 Å². The molecule has 2 aromatic rings. The number of fused-ring (bicyclic) bond motifs is 1. The maximum Gasteiger partial charge on any atom is 0.246 e. The number of aryl methyl sites for hydroxylation is 1. The van der Waals surface area contributed by atoms with Crippen molar-refractivity contribution >= 4 is 17.2 Å². The summed E-state index contributed by atoms with van der Waals surface area (Å²) < 4.78 is 6.82. The maximum atomic E-state index is 12.5. The van der Waals surface area contributed by atoms with Crippen molar-refractivity contribution in [3.8, 4) is 0 Å². The third kappa shape index (κ3) is 3.60. The Kier molecular flexibility index (Phi) is 5.04. The molecule has 0 aliphatic carbocycles. The van der Waals surface area contributed by atoms with Gasteiger partial charge < -0.3 is 10.1 Å². The topological polar surface area (TPSA) is 72.3 Å². The average Bonchev–Trinajstić information content (AvgIpc) is 3.16. The highest BCUT2D eigenvalue weighted by atomic mass is 32.1. The van der Waals surface area contributed by atoms with Gasteiger partial charge in [0.2, 0.25) is 5.91 Å². The lowest BCUT2D eigenvalue weighted by atomic mass is 10.1. The van der Waals surface area contributed by atoms with E-state index in [0.717, 1.165) is 24.5 Å². The lowest BCUT2D eigenvalue weighted by Crippen LogP contribution is -2.45. The molecule has 0 fully saturated rings. The van der Waals surface area contributed by atoms with Crippen molar-refractivity contribution in [3.05, 3.63) is 34.0 Å². The molecule has 1 amide bonds. The fourth-order valence-corrected chi connectivity index (χ4v) is 3.57. The zero-order valence-corrected chi connectivity index (χ0v) is 14.2. The van der Waals surface area contributed by atoms with Crippen molar-refractivity contribution in [2.45, 2.75) is 26.1 Å². The number of ether oxygens (including phenoxy) is 1. The second kappa shape index (κ2) is 7.20. The Morgan fingerprint density at radius 3 is 3.17 bits per heavy atom. The van der Waals surface area contributed by atoms with Gasteiger partial charge >= 0.3 is 0 Å². The van der Waals surface area contributed by atoms with Crippen LogP contribution in [0.4, 0.5) is 0 Å². The summed E-state index contributed by atoms with van der Waals surface area (Å²) in [5.41, 5.74) is 3.99. The maximum absolute atomic E-state index is 12.5. The molecule has 124 valence electrons. The third-order valence-corrected chi connectivity index (χ3v) is 4.90. The molecule has 1 aliphatic heterocycles. The molecule has 3 rings (SSSR count). The lowest BCUT2D eigenvalue weighted by Gasteiger charge is -2.32. The zero-order chi connectivity index (χ0) is 16.2. The molecule has 0 radical (unpaired) electrons. The van der Waals surface area contributed by atoms with Crippen LogP contribution >= 0.6 is 11.3 Å². The van der Waals surface area contributed by atoms with Crippen LogP contribution in [0.5, 0.6) is 0 Å². The number of aromatic nitrogens is 3. The van der Waals surface area contributed by atoms with E-state index in [9.17, 15) is 4.79 Å². The average molecular weight is 335 g/mol. The van der Waals surface area contributed by atoms with E-state index in [1.54, 1.807) is 24.6 Å². The number of nitrogens with one attached hydrogen (secondary N) is 1. The SMILES string of the molecule is COCCNC(=O)C1CN(Cc2scnc2C)Cc2ccnn21. The molecule has 1 unspecified atom stereocenters. The van der Waals surface area contributed by atoms with Crippen LogP contribution in [-0.2, 0) is 22.6 Å². The second-order valence-corrected chi connectivity index (χ2v) is 6.54. The fraction of sp³-hybridized carbons (Fsp3) is 0.533. The van der Waals surface area contributed by atoms with Crippen molar-refractivity contribution in [2.75, 3.05) is 26.8 Å². The molecule has 3 heterocycles. The summed E-state index contributed by atoms with van der Waals surface area (Å²) in [6.45, 7) is 5.28. The molecule has 0 saturated heterocycles. The molecule has 0 bridgehead atoms. The second-order valence-electron chi connectivity index (χ2n) is 5.60. The summed E-state index contributed by atoms with van der Waals surface area (Å²) in [4.78, 5) is 20.3. The van der Waals surface area contributed by atoms with Crippen molar-refractivity contribution in [1.29, 1.82) is 0 Å². The van der Waals surface area contributed by atoms with Crippen LogP contribution in [0.3, 0.4) is 0 Å². The van der Waals surface area contributed by atoms with Crippen LogP contribution in [0.15, 0.2) is 17.8 Å². The predicted molar refractivity (Wildman–Crippen MR) is 87.1 cm³/mol. The monoisotopic (exact) mass is 335 g/mol. The first-order valence-corrected chi connectivity index (χ1v) is 8.47. The first-order valence-electron chi connectivity index (χ1n) is 7.59. The minimum Gasteiger partial charge on any atom is -0.383 e. The minimum absolute atomic E-state index is 0.0160. The number of hydrogen-bond acceptors (Lipinski definition) is 6. The summed E-state index contributed by atoms with van der Waals surface area (Å²) >= 11 is 1.66. The van der Waals surface area contributed by atoms with Gasteiger partial charge in [0.05, 0.1) is 23.5 Å². The number of carbonyl (C=O) groups excluding carboxylic acids is 1. The van der Waals surface area contributed by atoms with Crippen molar-refractivity contribution in [1.82, 2.24) is 25.0 Å². The summed E-state index contributed by atoms with van der Waals surface area (Å²) in [7, 11) is 1.62. The number of methoxy groups -OCH3 is 1. The van der Waals surface area contributed by atoms with Gasteiger partial charge in [-0.05, 0) is 13.0 Å². The Bertz CT molecular complexity index is 668. The van der Waals surface area contributed by atoms with E-state index < -0.39 is 0 Å². The number of nitrogens with zero attached hydrogens (tertiary/aromatic N) is 4. The number of rotatable bonds is 6. The molecule has 1 atom stereocenters. The quantitative estimate of drug-likeness (QED) is 0.797. The molecular weight excluding hydrogens is 314 g/mol. The lowest BCUT2D eigenvalue weighted by molar-refractivity contribution is -0.126. The minimum atomic E-state index is -0.307. The first kappa shape index (κ1) is 16.1. The summed E-state index contributed by atoms with van der Waals surface area (Å²) in [5.74, 6) is -0.0160. The molecule has 1 N–H and O–H groups in total. The van der Waals surface area contributed by atoms with Gasteiger partial charge in [0.1, 0.15) is 6.04 Å². The molecule has 0 saturated carbocycles. The van der Waals surface area contributed by atoms with E-state index in [4.69, 9.17) is 4.74 Å². The molecule has 23 heavy (non-hydrogen) atoms. The van der Waals surface area contributed by atoms with Gasteiger partial charge in [0.25, 0.3) is 0 Å². The molecule has 2 aromatic heterocycles. The van der Waals surface area contributed by atoms with Crippen LogP contribution in [-0.4, -0.2) is 52.4 Å². The smallest absolute Gasteiger partial charge is 0.246 e. The zero-order valence-electron chi connectivity index (χ0n) is 13.4. The van der Waals surface area contributed by atoms with Gasteiger partial charge in [0.15, 0.2) is 0 Å². The van der Waals surface area contributed by atoms with E-state index >= 15 is 0 Å². The highest BCUT2D eigenvalue weighted by molar-refractivity contribution is 7.09. The van der Waals surface area contributed by atoms with E-state index in [1.165, 1.54) is 4.88 Å². The van der Waals surface area contributed by atoms with Crippen molar-refractivity contribution in [3.63, 3.8) is 0 Å². The molecule has 1 aliphatic rings. The Balaban J connectivity index is 1.72. The number of thiazole rings is 1. The Morgan fingerprint density at radius 2 is 2.43 bits per heavy atom. The van der Waals surface area contributed by atoms with Crippen LogP contribution in [0.2, 0.25) is 0 Å². The van der Waals surface area contributed by atoms with Gasteiger partial charge in [-0.1, -0.05) is 0 Å². The first-order chi connectivity index (χ1) is 11.2. The van der Waals surface area contributed by atoms with E-state index in [0.29, 0.717) is 19.7 Å². The standard InChI is InChI=1S/C15H21N5O2S/c1-11-14(23-10-17-11)9-19-7-12-3-4-18-20(12)13(8-19)15(21)16-5-6-22-2/h3-4,10,13H,5-9H2,1-2H3,(H,16,21). The highest BCUT2D eigenvalue weighted by Crippen LogP contribution is 2.24. The molecule has 0 aromatic carbocycles. The van der Waals surface area contributed by atoms with E-state index in [-0.39, 0.29) is 11.9 Å². The van der Waals surface area contributed by atoms with Crippen molar-refractivity contribution < 1.29 is 9.53 Å². The van der Waals surface area contributed by atoms with E-state index in [1.807, 2.05) is 23.2 Å². The van der Waals surface area contributed by atoms with E-state index in [2.05, 4.69) is 20.3 Å². The number of carbonyl (C=O) groups is 1. The molecule has 0 spiro atoms. The number of amides is 1. The Hall–Kier alpha value is -1.77.